The van der Waals surface area contributed by atoms with Gasteiger partial charge in [0.25, 0.3) is 0 Å². The molecule has 98 valence electrons. The van der Waals surface area contributed by atoms with Crippen molar-refractivity contribution in [3.05, 3.63) is 59.4 Å². The third-order valence-corrected chi connectivity index (χ3v) is 2.69. The van der Waals surface area contributed by atoms with Gasteiger partial charge < -0.3 is 11.1 Å². The number of rotatable bonds is 3. The molecule has 0 heterocycles. The zero-order valence-corrected chi connectivity index (χ0v) is 10.4. The molecule has 0 unspecified atom stereocenters. The van der Waals surface area contributed by atoms with Crippen LogP contribution in [0, 0.1) is 17.5 Å². The van der Waals surface area contributed by atoms with Crippen molar-refractivity contribution in [2.75, 3.05) is 5.32 Å². The predicted octanol–water partition coefficient (Wildman–Crippen LogP) is 3.48. The Morgan fingerprint density at radius 2 is 1.53 bits per heavy atom. The normalized spacial score (nSPS) is 10.3. The van der Waals surface area contributed by atoms with Gasteiger partial charge in [-0.2, -0.15) is 0 Å². The van der Waals surface area contributed by atoms with Gasteiger partial charge in [-0.1, -0.05) is 12.2 Å². The van der Waals surface area contributed by atoms with E-state index in [-0.39, 0.29) is 10.7 Å². The third kappa shape index (κ3) is 3.03. The molecule has 0 bridgehead atoms. The second-order valence-electron chi connectivity index (χ2n) is 3.81. The lowest BCUT2D eigenvalue weighted by atomic mass is 10.2. The topological polar surface area (TPSA) is 38.0 Å². The fraction of sp³-hybridized carbons (Fsp3) is 0. The van der Waals surface area contributed by atoms with Crippen LogP contribution < -0.4 is 11.1 Å². The number of halogens is 3. The average molecular weight is 282 g/mol. The summed E-state index contributed by atoms with van der Waals surface area (Å²) in [5.41, 5.74) is 6.45. The van der Waals surface area contributed by atoms with Gasteiger partial charge in [-0.05, 0) is 24.3 Å². The summed E-state index contributed by atoms with van der Waals surface area (Å²) in [7, 11) is 0. The van der Waals surface area contributed by atoms with E-state index in [2.05, 4.69) is 5.32 Å². The lowest BCUT2D eigenvalue weighted by molar-refractivity contribution is 0.496. The molecular formula is C13H9F3N2S. The van der Waals surface area contributed by atoms with Gasteiger partial charge in [0.15, 0.2) is 11.6 Å². The highest BCUT2D eigenvalue weighted by molar-refractivity contribution is 7.80. The molecule has 0 aromatic heterocycles. The van der Waals surface area contributed by atoms with E-state index in [1.807, 2.05) is 0 Å². The van der Waals surface area contributed by atoms with E-state index in [4.69, 9.17) is 18.0 Å². The average Bonchev–Trinajstić information content (AvgIpc) is 2.36. The summed E-state index contributed by atoms with van der Waals surface area (Å²) in [6, 6.07) is 7.74. The maximum atomic E-state index is 13.4. The van der Waals surface area contributed by atoms with Crippen molar-refractivity contribution in [2.45, 2.75) is 0 Å². The lowest BCUT2D eigenvalue weighted by Gasteiger charge is -2.08. The van der Waals surface area contributed by atoms with E-state index in [1.54, 1.807) is 24.3 Å². The SMILES string of the molecule is NC(=S)c1ccc(Nc2cc(F)c(F)cc2F)cc1. The van der Waals surface area contributed by atoms with E-state index < -0.39 is 17.5 Å². The van der Waals surface area contributed by atoms with Gasteiger partial charge in [-0.25, -0.2) is 13.2 Å². The van der Waals surface area contributed by atoms with E-state index in [9.17, 15) is 13.2 Å². The Morgan fingerprint density at radius 3 is 2.11 bits per heavy atom. The lowest BCUT2D eigenvalue weighted by Crippen LogP contribution is -2.08. The van der Waals surface area contributed by atoms with Crippen molar-refractivity contribution in [1.29, 1.82) is 0 Å². The van der Waals surface area contributed by atoms with Gasteiger partial charge in [0, 0.05) is 23.4 Å². The smallest absolute Gasteiger partial charge is 0.161 e. The van der Waals surface area contributed by atoms with Crippen LogP contribution in [0.1, 0.15) is 5.56 Å². The first kappa shape index (κ1) is 13.4. The number of nitrogens with two attached hydrogens (primary N) is 1. The van der Waals surface area contributed by atoms with Crippen molar-refractivity contribution in [1.82, 2.24) is 0 Å². The predicted molar refractivity (Wildman–Crippen MR) is 71.9 cm³/mol. The summed E-state index contributed by atoms with van der Waals surface area (Å²) in [6.07, 6.45) is 0. The fourth-order valence-electron chi connectivity index (χ4n) is 1.49. The van der Waals surface area contributed by atoms with Crippen molar-refractivity contribution in [2.24, 2.45) is 5.73 Å². The van der Waals surface area contributed by atoms with Crippen molar-refractivity contribution in [3.8, 4) is 0 Å². The number of nitrogens with one attached hydrogen (secondary N) is 1. The second kappa shape index (κ2) is 5.27. The van der Waals surface area contributed by atoms with Crippen LogP contribution in [-0.2, 0) is 0 Å². The molecule has 0 aliphatic rings. The molecule has 0 atom stereocenters. The standard InChI is InChI=1S/C13H9F3N2S/c14-9-5-11(16)12(6-10(9)15)18-8-3-1-7(2-4-8)13(17)19/h1-6,18H,(H2,17,19). The van der Waals surface area contributed by atoms with Gasteiger partial charge in [-0.15, -0.1) is 0 Å². The molecule has 0 aliphatic carbocycles. The highest BCUT2D eigenvalue weighted by Crippen LogP contribution is 2.22. The Labute approximate surface area is 113 Å². The first-order chi connectivity index (χ1) is 8.97. The van der Waals surface area contributed by atoms with E-state index >= 15 is 0 Å². The summed E-state index contributed by atoms with van der Waals surface area (Å²) < 4.78 is 39.2. The Bertz CT molecular complexity index is 627. The van der Waals surface area contributed by atoms with Crippen LogP contribution in [-0.4, -0.2) is 4.99 Å². The molecule has 19 heavy (non-hydrogen) atoms. The zero-order valence-electron chi connectivity index (χ0n) is 9.58. The first-order valence-corrected chi connectivity index (χ1v) is 5.69. The number of hydrogen-bond acceptors (Lipinski definition) is 2. The molecule has 2 aromatic rings. The van der Waals surface area contributed by atoms with Crippen molar-refractivity contribution in [3.63, 3.8) is 0 Å². The maximum Gasteiger partial charge on any atom is 0.161 e. The number of hydrogen-bond donors (Lipinski definition) is 2. The van der Waals surface area contributed by atoms with Gasteiger partial charge >= 0.3 is 0 Å². The molecule has 0 aliphatic heterocycles. The minimum atomic E-state index is -1.23. The molecule has 0 saturated carbocycles. The minimum Gasteiger partial charge on any atom is -0.389 e. The molecule has 0 amide bonds. The van der Waals surface area contributed by atoms with Crippen LogP contribution in [0.3, 0.4) is 0 Å². The fourth-order valence-corrected chi connectivity index (χ4v) is 1.63. The highest BCUT2D eigenvalue weighted by atomic mass is 32.1. The summed E-state index contributed by atoms with van der Waals surface area (Å²) in [6.45, 7) is 0. The van der Waals surface area contributed by atoms with E-state index in [0.717, 1.165) is 6.07 Å². The quantitative estimate of drug-likeness (QED) is 0.668. The molecule has 0 spiro atoms. The van der Waals surface area contributed by atoms with Gasteiger partial charge in [0.1, 0.15) is 10.8 Å². The number of thiocarbonyl (C=S) groups is 1. The molecule has 0 saturated heterocycles. The molecule has 3 N–H and O–H groups in total. The van der Waals surface area contributed by atoms with Crippen molar-refractivity contribution < 1.29 is 13.2 Å². The molecule has 0 fully saturated rings. The Morgan fingerprint density at radius 1 is 0.947 bits per heavy atom. The monoisotopic (exact) mass is 282 g/mol. The number of anilines is 2. The van der Waals surface area contributed by atoms with Crippen LogP contribution in [0.25, 0.3) is 0 Å². The summed E-state index contributed by atoms with van der Waals surface area (Å²) in [5.74, 6) is -3.23. The number of benzene rings is 2. The van der Waals surface area contributed by atoms with Crippen LogP contribution >= 0.6 is 12.2 Å². The largest absolute Gasteiger partial charge is 0.389 e. The summed E-state index contributed by atoms with van der Waals surface area (Å²) in [5, 5.41) is 2.64. The van der Waals surface area contributed by atoms with Gasteiger partial charge in [-0.3, -0.25) is 0 Å². The minimum absolute atomic E-state index is 0.151. The van der Waals surface area contributed by atoms with Crippen LogP contribution in [0.15, 0.2) is 36.4 Å². The highest BCUT2D eigenvalue weighted by Gasteiger charge is 2.09. The van der Waals surface area contributed by atoms with Crippen LogP contribution in [0.4, 0.5) is 24.5 Å². The second-order valence-corrected chi connectivity index (χ2v) is 4.25. The van der Waals surface area contributed by atoms with Crippen LogP contribution in [0.2, 0.25) is 0 Å². The van der Waals surface area contributed by atoms with Crippen molar-refractivity contribution >= 4 is 28.6 Å². The third-order valence-electron chi connectivity index (χ3n) is 2.46. The maximum absolute atomic E-state index is 13.4. The summed E-state index contributed by atoms with van der Waals surface area (Å²) >= 11 is 4.79. The summed E-state index contributed by atoms with van der Waals surface area (Å²) in [4.78, 5) is 0.241. The molecule has 0 radical (unpaired) electrons. The Kier molecular flexibility index (Phi) is 3.71. The van der Waals surface area contributed by atoms with Gasteiger partial charge in [0.05, 0.1) is 5.69 Å². The first-order valence-electron chi connectivity index (χ1n) is 5.29. The van der Waals surface area contributed by atoms with E-state index in [0.29, 0.717) is 17.3 Å². The Hall–Kier alpha value is -2.08. The molecular weight excluding hydrogens is 273 g/mol. The molecule has 6 heteroatoms. The van der Waals surface area contributed by atoms with Crippen LogP contribution in [0.5, 0.6) is 0 Å². The molecule has 2 rings (SSSR count). The van der Waals surface area contributed by atoms with Gasteiger partial charge in [0.2, 0.25) is 0 Å². The molecule has 2 aromatic carbocycles. The zero-order chi connectivity index (χ0) is 14.0. The Balaban J connectivity index is 2.26. The molecule has 2 nitrogen and oxygen atoms in total. The van der Waals surface area contributed by atoms with E-state index in [1.165, 1.54) is 0 Å².